The molecule has 1 heterocycles. The summed E-state index contributed by atoms with van der Waals surface area (Å²) >= 11 is 0. The van der Waals surface area contributed by atoms with Crippen LogP contribution in [0.25, 0.3) is 0 Å². The Labute approximate surface area is 163 Å². The summed E-state index contributed by atoms with van der Waals surface area (Å²) in [4.78, 5) is 11.6. The molecule has 5 nitrogen and oxygen atoms in total. The molecule has 0 aliphatic carbocycles. The summed E-state index contributed by atoms with van der Waals surface area (Å²) in [7, 11) is -3.62. The van der Waals surface area contributed by atoms with Gasteiger partial charge in [-0.1, -0.05) is 58.8 Å². The molecule has 0 bridgehead atoms. The molecule has 7 heteroatoms. The fraction of sp³-hybridized carbons (Fsp3) is 0.947. The second kappa shape index (κ2) is 17.0. The van der Waals surface area contributed by atoms with E-state index in [1.807, 2.05) is 0 Å². The van der Waals surface area contributed by atoms with Gasteiger partial charge in [-0.05, 0) is 23.7 Å². The van der Waals surface area contributed by atoms with E-state index in [0.717, 1.165) is 62.6 Å². The number of ketones is 1. The number of carbonyl (C=O) groups excluding carboxylic acids is 1. The maximum atomic E-state index is 11.6. The van der Waals surface area contributed by atoms with Gasteiger partial charge in [-0.25, -0.2) is 8.42 Å². The van der Waals surface area contributed by atoms with Crippen LogP contribution in [0.4, 0.5) is 0 Å². The SMILES string of the molecule is CCCCCC(=O)C[S+]1CCOCC1.CCCCCCCCS(=O)(=O)[O-]. The zero-order valence-electron chi connectivity index (χ0n) is 16.7. The Bertz CT molecular complexity index is 431. The van der Waals surface area contributed by atoms with Crippen LogP contribution in [0.15, 0.2) is 0 Å². The Morgan fingerprint density at radius 1 is 0.923 bits per heavy atom. The lowest BCUT2D eigenvalue weighted by atomic mass is 10.1. The molecule has 0 N–H and O–H groups in total. The minimum Gasteiger partial charge on any atom is -0.748 e. The number of hydrogen-bond donors (Lipinski definition) is 0. The first kappa shape index (κ1) is 25.9. The van der Waals surface area contributed by atoms with Crippen LogP contribution in [0.3, 0.4) is 0 Å². The first-order valence-electron chi connectivity index (χ1n) is 10.1. The van der Waals surface area contributed by atoms with E-state index in [4.69, 9.17) is 4.74 Å². The van der Waals surface area contributed by atoms with Crippen molar-refractivity contribution in [3.05, 3.63) is 0 Å². The zero-order valence-corrected chi connectivity index (χ0v) is 18.3. The molecular weight excluding hydrogens is 372 g/mol. The van der Waals surface area contributed by atoms with Crippen LogP contribution < -0.4 is 0 Å². The van der Waals surface area contributed by atoms with Gasteiger partial charge in [0.05, 0.1) is 23.3 Å². The van der Waals surface area contributed by atoms with Gasteiger partial charge < -0.3 is 9.29 Å². The quantitative estimate of drug-likeness (QED) is 0.263. The average molecular weight is 411 g/mol. The van der Waals surface area contributed by atoms with E-state index in [2.05, 4.69) is 13.8 Å². The molecule has 0 unspecified atom stereocenters. The largest absolute Gasteiger partial charge is 0.748 e. The molecule has 0 amide bonds. The van der Waals surface area contributed by atoms with Gasteiger partial charge in [0.15, 0.2) is 11.5 Å². The third-order valence-corrected chi connectivity index (χ3v) is 7.21. The van der Waals surface area contributed by atoms with Gasteiger partial charge in [0.1, 0.15) is 11.5 Å². The predicted octanol–water partition coefficient (Wildman–Crippen LogP) is 3.68. The maximum Gasteiger partial charge on any atom is 0.181 e. The van der Waals surface area contributed by atoms with Crippen LogP contribution >= 0.6 is 0 Å². The minimum absolute atomic E-state index is 0.195. The second-order valence-electron chi connectivity index (χ2n) is 6.80. The Morgan fingerprint density at radius 2 is 1.46 bits per heavy atom. The lowest BCUT2D eigenvalue weighted by molar-refractivity contribution is -0.116. The van der Waals surface area contributed by atoms with E-state index in [1.165, 1.54) is 25.7 Å². The highest BCUT2D eigenvalue weighted by Gasteiger charge is 2.24. The molecule has 0 radical (unpaired) electrons. The summed E-state index contributed by atoms with van der Waals surface area (Å²) in [6, 6.07) is 0. The summed E-state index contributed by atoms with van der Waals surface area (Å²) in [6.07, 6.45) is 10.2. The van der Waals surface area contributed by atoms with Gasteiger partial charge in [0.25, 0.3) is 0 Å². The Hall–Kier alpha value is -0.110. The lowest BCUT2D eigenvalue weighted by Crippen LogP contribution is -2.31. The number of carbonyl (C=O) groups is 1. The number of hydrogen-bond acceptors (Lipinski definition) is 5. The van der Waals surface area contributed by atoms with Crippen LogP contribution in [0, 0.1) is 0 Å². The molecule has 0 saturated carbocycles. The first-order valence-corrected chi connectivity index (χ1v) is 13.4. The van der Waals surface area contributed by atoms with Crippen molar-refractivity contribution in [2.24, 2.45) is 0 Å². The van der Waals surface area contributed by atoms with Crippen LogP contribution in [0.5, 0.6) is 0 Å². The Kier molecular flexibility index (Phi) is 16.9. The Morgan fingerprint density at radius 3 is 2.04 bits per heavy atom. The molecule has 0 aromatic rings. The van der Waals surface area contributed by atoms with Gasteiger partial charge in [-0.3, -0.25) is 4.79 Å². The third kappa shape index (κ3) is 18.7. The average Bonchev–Trinajstić information content (AvgIpc) is 2.59. The highest BCUT2D eigenvalue weighted by molar-refractivity contribution is 7.97. The summed E-state index contributed by atoms with van der Waals surface area (Å²) in [6.45, 7) is 6.03. The van der Waals surface area contributed by atoms with Gasteiger partial charge in [-0.15, -0.1) is 0 Å². The molecule has 0 aromatic heterocycles. The van der Waals surface area contributed by atoms with Crippen LogP contribution in [0.2, 0.25) is 0 Å². The van der Waals surface area contributed by atoms with Crippen molar-refractivity contribution in [1.29, 1.82) is 0 Å². The van der Waals surface area contributed by atoms with E-state index in [-0.39, 0.29) is 5.75 Å². The van der Waals surface area contributed by atoms with Crippen molar-refractivity contribution in [3.8, 4) is 0 Å². The smallest absolute Gasteiger partial charge is 0.181 e. The van der Waals surface area contributed by atoms with Crippen LogP contribution in [-0.4, -0.2) is 55.0 Å². The van der Waals surface area contributed by atoms with E-state index < -0.39 is 10.1 Å². The Balaban J connectivity index is 0.000000488. The fourth-order valence-electron chi connectivity index (χ4n) is 2.63. The molecule has 1 saturated heterocycles. The summed E-state index contributed by atoms with van der Waals surface area (Å²) < 4.78 is 35.8. The van der Waals surface area contributed by atoms with Gasteiger partial charge in [0, 0.05) is 12.2 Å². The monoisotopic (exact) mass is 410 g/mol. The summed E-state index contributed by atoms with van der Waals surface area (Å²) in [5.74, 6) is 3.33. The topological polar surface area (TPSA) is 83.5 Å². The van der Waals surface area contributed by atoms with Crippen molar-refractivity contribution in [2.45, 2.75) is 78.1 Å². The van der Waals surface area contributed by atoms with E-state index >= 15 is 0 Å². The van der Waals surface area contributed by atoms with E-state index in [1.54, 1.807) is 0 Å². The molecule has 1 aliphatic heterocycles. The highest BCUT2D eigenvalue weighted by atomic mass is 32.2. The van der Waals surface area contributed by atoms with Gasteiger partial charge in [-0.2, -0.15) is 0 Å². The van der Waals surface area contributed by atoms with E-state index in [9.17, 15) is 17.8 Å². The van der Waals surface area contributed by atoms with Crippen LogP contribution in [0.1, 0.15) is 78.1 Å². The predicted molar refractivity (Wildman–Crippen MR) is 110 cm³/mol. The zero-order chi connectivity index (χ0) is 19.7. The van der Waals surface area contributed by atoms with Gasteiger partial charge >= 0.3 is 0 Å². The van der Waals surface area contributed by atoms with Crippen molar-refractivity contribution < 1.29 is 22.5 Å². The highest BCUT2D eigenvalue weighted by Crippen LogP contribution is 2.07. The molecule has 1 rings (SSSR count). The van der Waals surface area contributed by atoms with Gasteiger partial charge in [0.2, 0.25) is 0 Å². The van der Waals surface area contributed by atoms with E-state index in [0.29, 0.717) is 23.1 Å². The molecule has 0 spiro atoms. The van der Waals surface area contributed by atoms with Crippen molar-refractivity contribution in [3.63, 3.8) is 0 Å². The normalized spacial score (nSPS) is 15.3. The molecule has 1 aliphatic rings. The number of ether oxygens (including phenoxy) is 1. The minimum atomic E-state index is -3.97. The third-order valence-electron chi connectivity index (χ3n) is 4.20. The standard InChI is InChI=1S/C11H21O2S.C8H18O3S/c1-2-3-4-5-11(12)10-14-8-6-13-7-9-14;1-2-3-4-5-6-7-8-12(9,10)11/h2-10H2,1H3;2-8H2,1H3,(H,9,10,11)/q+1;/p-1. The number of Topliss-reactive ketones (excluding diaryl/α,β-unsaturated/α-hetero) is 1. The first-order chi connectivity index (χ1) is 12.4. The van der Waals surface area contributed by atoms with Crippen LogP contribution in [-0.2, 0) is 30.5 Å². The molecule has 26 heavy (non-hydrogen) atoms. The molecule has 0 atom stereocenters. The summed E-state index contributed by atoms with van der Waals surface area (Å²) in [5, 5.41) is 0. The van der Waals surface area contributed by atoms with Crippen molar-refractivity contribution in [2.75, 3.05) is 36.2 Å². The summed E-state index contributed by atoms with van der Waals surface area (Å²) in [5.41, 5.74) is 0. The van der Waals surface area contributed by atoms with Crippen molar-refractivity contribution >= 4 is 26.8 Å². The molecule has 1 fully saturated rings. The molecular formula is C19H38O5S2. The molecule has 0 aromatic carbocycles. The fourth-order valence-corrected chi connectivity index (χ4v) is 4.99. The van der Waals surface area contributed by atoms with Crippen molar-refractivity contribution in [1.82, 2.24) is 0 Å². The lowest BCUT2D eigenvalue weighted by Gasteiger charge is -2.13. The maximum absolute atomic E-state index is 11.6. The number of unbranched alkanes of at least 4 members (excludes halogenated alkanes) is 7. The molecule has 156 valence electrons. The number of rotatable bonds is 13. The second-order valence-corrected chi connectivity index (χ2v) is 10.7.